The Morgan fingerprint density at radius 3 is 2.57 bits per heavy atom. The predicted molar refractivity (Wildman–Crippen MR) is 92.8 cm³/mol. The maximum absolute atomic E-state index is 4.86. The monoisotopic (exact) mass is 314 g/mol. The lowest BCUT2D eigenvalue weighted by Gasteiger charge is -2.07. The molecule has 0 saturated heterocycles. The number of thiophene rings is 1. The molecule has 4 heteroatoms. The van der Waals surface area contributed by atoms with Crippen LogP contribution in [0.1, 0.15) is 19.5 Å². The van der Waals surface area contributed by atoms with Gasteiger partial charge in [-0.1, -0.05) is 44.2 Å². The Morgan fingerprint density at radius 2 is 1.90 bits per heavy atom. The van der Waals surface area contributed by atoms with E-state index in [9.17, 15) is 0 Å². The second-order valence-corrected chi connectivity index (χ2v) is 6.99. The molecule has 21 heavy (non-hydrogen) atoms. The molecule has 0 fully saturated rings. The van der Waals surface area contributed by atoms with Crippen LogP contribution in [0, 0.1) is 0 Å². The predicted octanol–water partition coefficient (Wildman–Crippen LogP) is 5.04. The highest BCUT2D eigenvalue weighted by Crippen LogP contribution is 2.36. The number of thiazole rings is 1. The molecule has 108 valence electrons. The fraction of sp³-hybridized carbons (Fsp3) is 0.235. The highest BCUT2D eigenvalue weighted by Gasteiger charge is 2.14. The van der Waals surface area contributed by atoms with Gasteiger partial charge in [0.15, 0.2) is 0 Å². The Labute approximate surface area is 133 Å². The third-order valence-corrected chi connectivity index (χ3v) is 5.06. The quantitative estimate of drug-likeness (QED) is 0.714. The first-order valence-corrected chi connectivity index (χ1v) is 8.81. The number of aromatic nitrogens is 1. The molecule has 0 atom stereocenters. The van der Waals surface area contributed by atoms with Crippen molar-refractivity contribution in [2.45, 2.75) is 26.4 Å². The minimum atomic E-state index is 0.458. The lowest BCUT2D eigenvalue weighted by molar-refractivity contribution is 0.584. The summed E-state index contributed by atoms with van der Waals surface area (Å²) in [5, 5.41) is 8.85. The molecular formula is C17H18N2S2. The maximum Gasteiger partial charge on any atom is 0.125 e. The molecule has 0 spiro atoms. The van der Waals surface area contributed by atoms with Gasteiger partial charge in [-0.15, -0.1) is 11.3 Å². The Morgan fingerprint density at radius 1 is 1.10 bits per heavy atom. The first-order chi connectivity index (χ1) is 10.2. The molecule has 0 unspecified atom stereocenters. The van der Waals surface area contributed by atoms with Crippen molar-refractivity contribution in [2.24, 2.45) is 0 Å². The van der Waals surface area contributed by atoms with Crippen LogP contribution in [0.4, 0.5) is 0 Å². The van der Waals surface area contributed by atoms with E-state index in [1.165, 1.54) is 16.0 Å². The Kier molecular flexibility index (Phi) is 4.48. The zero-order valence-electron chi connectivity index (χ0n) is 12.2. The summed E-state index contributed by atoms with van der Waals surface area (Å²) < 4.78 is 0. The molecule has 3 aromatic rings. The van der Waals surface area contributed by atoms with Crippen LogP contribution < -0.4 is 5.32 Å². The number of benzene rings is 1. The first-order valence-electron chi connectivity index (χ1n) is 7.05. The van der Waals surface area contributed by atoms with Crippen molar-refractivity contribution in [3.05, 3.63) is 52.9 Å². The average Bonchev–Trinajstić information content (AvgIpc) is 3.15. The number of nitrogens with zero attached hydrogens (tertiary/aromatic N) is 1. The van der Waals surface area contributed by atoms with Crippen LogP contribution in [0.15, 0.2) is 47.2 Å². The van der Waals surface area contributed by atoms with Gasteiger partial charge in [0.2, 0.25) is 0 Å². The van der Waals surface area contributed by atoms with Crippen LogP contribution in [-0.2, 0) is 6.54 Å². The average molecular weight is 314 g/mol. The van der Waals surface area contributed by atoms with Crippen LogP contribution in [0.3, 0.4) is 0 Å². The smallest absolute Gasteiger partial charge is 0.125 e. The van der Waals surface area contributed by atoms with Crippen molar-refractivity contribution in [1.29, 1.82) is 0 Å². The topological polar surface area (TPSA) is 24.9 Å². The van der Waals surface area contributed by atoms with Gasteiger partial charge in [-0.2, -0.15) is 11.3 Å². The lowest BCUT2D eigenvalue weighted by Crippen LogP contribution is -2.22. The van der Waals surface area contributed by atoms with Gasteiger partial charge < -0.3 is 5.32 Å². The molecule has 3 rings (SSSR count). The molecule has 0 bridgehead atoms. The van der Waals surface area contributed by atoms with Crippen LogP contribution >= 0.6 is 22.7 Å². The third kappa shape index (κ3) is 3.40. The summed E-state index contributed by atoms with van der Waals surface area (Å²) in [5.74, 6) is 0. The van der Waals surface area contributed by atoms with Gasteiger partial charge in [-0.3, -0.25) is 0 Å². The second-order valence-electron chi connectivity index (χ2n) is 5.21. The summed E-state index contributed by atoms with van der Waals surface area (Å²) in [7, 11) is 0. The van der Waals surface area contributed by atoms with E-state index in [0.717, 1.165) is 17.2 Å². The fourth-order valence-electron chi connectivity index (χ4n) is 2.10. The molecule has 2 aromatic heterocycles. The zero-order chi connectivity index (χ0) is 14.7. The van der Waals surface area contributed by atoms with E-state index in [-0.39, 0.29) is 0 Å². The van der Waals surface area contributed by atoms with Gasteiger partial charge in [-0.25, -0.2) is 4.98 Å². The van der Waals surface area contributed by atoms with Crippen molar-refractivity contribution in [2.75, 3.05) is 0 Å². The van der Waals surface area contributed by atoms with Gasteiger partial charge in [-0.05, 0) is 17.0 Å². The summed E-state index contributed by atoms with van der Waals surface area (Å²) in [6.07, 6.45) is 0. The first kappa shape index (κ1) is 14.4. The molecule has 1 N–H and O–H groups in total. The Balaban J connectivity index is 2.00. The molecular weight excluding hydrogens is 296 g/mol. The van der Waals surface area contributed by atoms with Crippen LogP contribution in [-0.4, -0.2) is 11.0 Å². The van der Waals surface area contributed by atoms with Crippen molar-refractivity contribution in [3.63, 3.8) is 0 Å². The summed E-state index contributed by atoms with van der Waals surface area (Å²) in [5.41, 5.74) is 3.61. The molecule has 0 aliphatic rings. The minimum absolute atomic E-state index is 0.458. The van der Waals surface area contributed by atoms with Gasteiger partial charge in [0.1, 0.15) is 5.01 Å². The highest BCUT2D eigenvalue weighted by molar-refractivity contribution is 7.19. The van der Waals surface area contributed by atoms with Crippen LogP contribution in [0.2, 0.25) is 0 Å². The van der Waals surface area contributed by atoms with E-state index >= 15 is 0 Å². The molecule has 2 nitrogen and oxygen atoms in total. The summed E-state index contributed by atoms with van der Waals surface area (Å²) in [6.45, 7) is 5.13. The van der Waals surface area contributed by atoms with Crippen molar-refractivity contribution in [3.8, 4) is 21.0 Å². The zero-order valence-corrected chi connectivity index (χ0v) is 13.8. The Hall–Kier alpha value is -1.49. The number of hydrogen-bond donors (Lipinski definition) is 1. The van der Waals surface area contributed by atoms with E-state index in [2.05, 4.69) is 66.3 Å². The van der Waals surface area contributed by atoms with Gasteiger partial charge in [0, 0.05) is 23.5 Å². The summed E-state index contributed by atoms with van der Waals surface area (Å²) >= 11 is 3.49. The van der Waals surface area contributed by atoms with Crippen LogP contribution in [0.25, 0.3) is 21.0 Å². The normalized spacial score (nSPS) is 11.2. The van der Waals surface area contributed by atoms with Crippen molar-refractivity contribution < 1.29 is 0 Å². The molecule has 0 aliphatic heterocycles. The van der Waals surface area contributed by atoms with Crippen molar-refractivity contribution in [1.82, 2.24) is 10.3 Å². The van der Waals surface area contributed by atoms with E-state index in [0.29, 0.717) is 6.04 Å². The van der Waals surface area contributed by atoms with E-state index < -0.39 is 0 Å². The van der Waals surface area contributed by atoms with Gasteiger partial charge in [0.05, 0.1) is 10.6 Å². The summed E-state index contributed by atoms with van der Waals surface area (Å²) in [6, 6.07) is 13.1. The van der Waals surface area contributed by atoms with E-state index in [4.69, 9.17) is 4.98 Å². The Bertz CT molecular complexity index is 685. The SMILES string of the molecule is CC(C)NCc1nc(-c2ccsc2)sc1-c1ccccc1. The third-order valence-electron chi connectivity index (χ3n) is 3.18. The minimum Gasteiger partial charge on any atom is -0.309 e. The number of hydrogen-bond acceptors (Lipinski definition) is 4. The highest BCUT2D eigenvalue weighted by atomic mass is 32.1. The second kappa shape index (κ2) is 6.52. The standard InChI is InChI=1S/C17H18N2S2/c1-12(2)18-10-15-16(13-6-4-3-5-7-13)21-17(19-15)14-8-9-20-11-14/h3-9,11-12,18H,10H2,1-2H3. The molecule has 0 saturated carbocycles. The summed E-state index contributed by atoms with van der Waals surface area (Å²) in [4.78, 5) is 6.13. The van der Waals surface area contributed by atoms with Crippen LogP contribution in [0.5, 0.6) is 0 Å². The maximum atomic E-state index is 4.86. The molecule has 0 radical (unpaired) electrons. The van der Waals surface area contributed by atoms with Crippen molar-refractivity contribution >= 4 is 22.7 Å². The fourth-order valence-corrected chi connectivity index (χ4v) is 3.90. The van der Waals surface area contributed by atoms with Gasteiger partial charge in [0.25, 0.3) is 0 Å². The van der Waals surface area contributed by atoms with E-state index in [1.54, 1.807) is 22.7 Å². The number of nitrogens with one attached hydrogen (secondary N) is 1. The van der Waals surface area contributed by atoms with E-state index in [1.807, 2.05) is 0 Å². The van der Waals surface area contributed by atoms with Gasteiger partial charge >= 0.3 is 0 Å². The molecule has 0 amide bonds. The molecule has 1 aromatic carbocycles. The lowest BCUT2D eigenvalue weighted by atomic mass is 10.1. The number of rotatable bonds is 5. The largest absolute Gasteiger partial charge is 0.309 e. The molecule has 2 heterocycles. The molecule has 0 aliphatic carbocycles.